The molecule has 0 aliphatic rings. The van der Waals surface area contributed by atoms with Gasteiger partial charge in [-0.1, -0.05) is 44.2 Å². The topological polar surface area (TPSA) is 220 Å². The summed E-state index contributed by atoms with van der Waals surface area (Å²) in [5.74, 6) is -4.50. The SMILES string of the molecule is CC(C)C(N)C(=O)NC(CCCCN)C(=O)NC(CC(N)=O)C(=O)NC(Cc1ccccc1)C(=O)O. The highest BCUT2D eigenvalue weighted by atomic mass is 16.4. The Morgan fingerprint density at radius 3 is 1.94 bits per heavy atom. The third-order valence-corrected chi connectivity index (χ3v) is 5.54. The van der Waals surface area contributed by atoms with Gasteiger partial charge in [0.05, 0.1) is 12.5 Å². The van der Waals surface area contributed by atoms with Gasteiger partial charge < -0.3 is 38.3 Å². The van der Waals surface area contributed by atoms with Gasteiger partial charge in [-0.3, -0.25) is 19.2 Å². The standard InChI is InChI=1S/C24H38N6O6/c1-14(2)20(27)23(34)28-16(10-6-7-11-25)21(32)29-17(13-19(26)31)22(33)30-18(24(35)36)12-15-8-4-3-5-9-15/h3-5,8-9,14,16-18,20H,6-7,10-13,25,27H2,1-2H3,(H2,26,31)(H,28,34)(H,29,32)(H,30,33)(H,35,36). The van der Waals surface area contributed by atoms with Gasteiger partial charge in [0.25, 0.3) is 0 Å². The van der Waals surface area contributed by atoms with Crippen molar-refractivity contribution in [2.24, 2.45) is 23.1 Å². The van der Waals surface area contributed by atoms with E-state index in [0.717, 1.165) is 0 Å². The van der Waals surface area contributed by atoms with Crippen LogP contribution in [0.15, 0.2) is 30.3 Å². The van der Waals surface area contributed by atoms with Crippen molar-refractivity contribution in [1.82, 2.24) is 16.0 Å². The van der Waals surface area contributed by atoms with Crippen LogP contribution in [0.5, 0.6) is 0 Å². The van der Waals surface area contributed by atoms with Crippen LogP contribution in [0.2, 0.25) is 0 Å². The summed E-state index contributed by atoms with van der Waals surface area (Å²) < 4.78 is 0. The maximum atomic E-state index is 13.0. The lowest BCUT2D eigenvalue weighted by Gasteiger charge is -2.25. The minimum absolute atomic E-state index is 0.00991. The smallest absolute Gasteiger partial charge is 0.326 e. The van der Waals surface area contributed by atoms with E-state index in [9.17, 15) is 29.1 Å². The number of benzene rings is 1. The Balaban J connectivity index is 3.01. The molecule has 0 radical (unpaired) electrons. The predicted octanol–water partition coefficient (Wildman–Crippen LogP) is -1.24. The van der Waals surface area contributed by atoms with E-state index in [0.29, 0.717) is 24.9 Å². The van der Waals surface area contributed by atoms with E-state index in [2.05, 4.69) is 16.0 Å². The molecule has 0 aliphatic carbocycles. The van der Waals surface area contributed by atoms with Crippen molar-refractivity contribution in [2.45, 2.75) is 70.1 Å². The number of aliphatic carboxylic acids is 1. The number of unbranched alkanes of at least 4 members (excludes halogenated alkanes) is 1. The number of amides is 4. The first-order valence-corrected chi connectivity index (χ1v) is 11.9. The zero-order valence-electron chi connectivity index (χ0n) is 20.7. The molecule has 0 heterocycles. The van der Waals surface area contributed by atoms with Gasteiger partial charge in [-0.2, -0.15) is 0 Å². The first kappa shape index (κ1) is 30.5. The highest BCUT2D eigenvalue weighted by molar-refractivity contribution is 5.96. The predicted molar refractivity (Wildman–Crippen MR) is 133 cm³/mol. The van der Waals surface area contributed by atoms with E-state index >= 15 is 0 Å². The lowest BCUT2D eigenvalue weighted by Crippen LogP contribution is -2.58. The van der Waals surface area contributed by atoms with Crippen molar-refractivity contribution < 1.29 is 29.1 Å². The highest BCUT2D eigenvalue weighted by Crippen LogP contribution is 2.07. The van der Waals surface area contributed by atoms with Crippen molar-refractivity contribution in [3.05, 3.63) is 35.9 Å². The molecule has 1 rings (SSSR count). The quantitative estimate of drug-likeness (QED) is 0.134. The summed E-state index contributed by atoms with van der Waals surface area (Å²) in [6.45, 7) is 3.91. The number of hydrogen-bond acceptors (Lipinski definition) is 7. The fourth-order valence-electron chi connectivity index (χ4n) is 3.34. The number of carbonyl (C=O) groups is 5. The average molecular weight is 507 g/mol. The van der Waals surface area contributed by atoms with Crippen molar-refractivity contribution in [3.63, 3.8) is 0 Å². The molecule has 10 N–H and O–H groups in total. The first-order valence-electron chi connectivity index (χ1n) is 11.9. The molecule has 4 amide bonds. The minimum atomic E-state index is -1.44. The van der Waals surface area contributed by atoms with Crippen LogP contribution in [0.25, 0.3) is 0 Å². The minimum Gasteiger partial charge on any atom is -0.480 e. The zero-order valence-corrected chi connectivity index (χ0v) is 20.7. The van der Waals surface area contributed by atoms with Gasteiger partial charge in [0.2, 0.25) is 23.6 Å². The Bertz CT molecular complexity index is 894. The maximum absolute atomic E-state index is 13.0. The zero-order chi connectivity index (χ0) is 27.3. The van der Waals surface area contributed by atoms with Gasteiger partial charge >= 0.3 is 5.97 Å². The van der Waals surface area contributed by atoms with Gasteiger partial charge in [0.15, 0.2) is 0 Å². The molecule has 0 spiro atoms. The molecule has 0 bridgehead atoms. The van der Waals surface area contributed by atoms with Crippen LogP contribution in [0.3, 0.4) is 0 Å². The van der Waals surface area contributed by atoms with Crippen molar-refractivity contribution in [1.29, 1.82) is 0 Å². The molecule has 36 heavy (non-hydrogen) atoms. The van der Waals surface area contributed by atoms with Gasteiger partial charge in [-0.05, 0) is 37.3 Å². The van der Waals surface area contributed by atoms with E-state index in [4.69, 9.17) is 17.2 Å². The Morgan fingerprint density at radius 1 is 0.861 bits per heavy atom. The molecule has 0 aliphatic heterocycles. The summed E-state index contributed by atoms with van der Waals surface area (Å²) >= 11 is 0. The molecule has 12 nitrogen and oxygen atoms in total. The molecule has 0 aromatic heterocycles. The third-order valence-electron chi connectivity index (χ3n) is 5.54. The largest absolute Gasteiger partial charge is 0.480 e. The normalized spacial score (nSPS) is 14.2. The van der Waals surface area contributed by atoms with Crippen LogP contribution in [0.4, 0.5) is 0 Å². The average Bonchev–Trinajstić information content (AvgIpc) is 2.82. The highest BCUT2D eigenvalue weighted by Gasteiger charge is 2.31. The van der Waals surface area contributed by atoms with Gasteiger partial charge in [-0.15, -0.1) is 0 Å². The molecule has 1 aromatic rings. The van der Waals surface area contributed by atoms with E-state index in [1.165, 1.54) is 0 Å². The number of carboxylic acid groups (broad SMARTS) is 1. The molecule has 4 unspecified atom stereocenters. The lowest BCUT2D eigenvalue weighted by atomic mass is 10.0. The fraction of sp³-hybridized carbons (Fsp3) is 0.542. The number of carboxylic acids is 1. The van der Waals surface area contributed by atoms with E-state index in [-0.39, 0.29) is 18.8 Å². The second kappa shape index (κ2) is 15.5. The molecular weight excluding hydrogens is 468 g/mol. The van der Waals surface area contributed by atoms with E-state index in [1.54, 1.807) is 44.2 Å². The summed E-state index contributed by atoms with van der Waals surface area (Å²) in [5.41, 5.74) is 17.3. The van der Waals surface area contributed by atoms with Crippen LogP contribution in [0, 0.1) is 5.92 Å². The Morgan fingerprint density at radius 2 is 1.42 bits per heavy atom. The van der Waals surface area contributed by atoms with Gasteiger partial charge in [-0.25, -0.2) is 4.79 Å². The molecule has 1 aromatic carbocycles. The number of carbonyl (C=O) groups excluding carboxylic acids is 4. The molecule has 200 valence electrons. The number of nitrogens with one attached hydrogen (secondary N) is 3. The first-order chi connectivity index (χ1) is 17.0. The van der Waals surface area contributed by atoms with Crippen molar-refractivity contribution in [3.8, 4) is 0 Å². The van der Waals surface area contributed by atoms with Gasteiger partial charge in [0, 0.05) is 6.42 Å². The Hall–Kier alpha value is -3.51. The summed E-state index contributed by atoms with van der Waals surface area (Å²) in [6.07, 6.45) is 0.752. The van der Waals surface area contributed by atoms with Gasteiger partial charge in [0.1, 0.15) is 18.1 Å². The van der Waals surface area contributed by atoms with Crippen LogP contribution in [0.1, 0.15) is 45.1 Å². The summed E-state index contributed by atoms with van der Waals surface area (Å²) in [4.78, 5) is 61.7. The van der Waals surface area contributed by atoms with E-state index in [1.807, 2.05) is 0 Å². The monoisotopic (exact) mass is 506 g/mol. The van der Waals surface area contributed by atoms with Crippen molar-refractivity contribution >= 4 is 29.6 Å². The number of nitrogens with two attached hydrogens (primary N) is 3. The second-order valence-corrected chi connectivity index (χ2v) is 8.94. The molecule has 4 atom stereocenters. The van der Waals surface area contributed by atoms with Crippen LogP contribution >= 0.6 is 0 Å². The van der Waals surface area contributed by atoms with E-state index < -0.39 is 60.2 Å². The molecule has 0 fully saturated rings. The molecule has 0 saturated carbocycles. The Kier molecular flexibility index (Phi) is 13.1. The summed E-state index contributed by atoms with van der Waals surface area (Å²) in [5, 5.41) is 16.9. The molecule has 12 heteroatoms. The fourth-order valence-corrected chi connectivity index (χ4v) is 3.34. The summed E-state index contributed by atoms with van der Waals surface area (Å²) in [6, 6.07) is 4.00. The van der Waals surface area contributed by atoms with Crippen LogP contribution in [-0.2, 0) is 30.4 Å². The number of primary amides is 1. The van der Waals surface area contributed by atoms with Crippen LogP contribution in [-0.4, -0.2) is 65.4 Å². The molecule has 0 saturated heterocycles. The van der Waals surface area contributed by atoms with Crippen LogP contribution < -0.4 is 33.2 Å². The summed E-state index contributed by atoms with van der Waals surface area (Å²) in [7, 11) is 0. The number of rotatable bonds is 16. The maximum Gasteiger partial charge on any atom is 0.326 e. The Labute approximate surface area is 210 Å². The van der Waals surface area contributed by atoms with Crippen molar-refractivity contribution in [2.75, 3.05) is 6.54 Å². The third kappa shape index (κ3) is 10.8. The number of hydrogen-bond donors (Lipinski definition) is 7. The molecular formula is C24H38N6O6. The lowest BCUT2D eigenvalue weighted by molar-refractivity contribution is -0.142. The second-order valence-electron chi connectivity index (χ2n) is 8.94.